The van der Waals surface area contributed by atoms with Gasteiger partial charge in [0.2, 0.25) is 5.91 Å². The van der Waals surface area contributed by atoms with Gasteiger partial charge in [-0.15, -0.1) is 0 Å². The summed E-state index contributed by atoms with van der Waals surface area (Å²) in [6.07, 6.45) is 3.92. The van der Waals surface area contributed by atoms with Crippen LogP contribution in [0.1, 0.15) is 37.3 Å². The minimum absolute atomic E-state index is 0.00499. The first-order valence-electron chi connectivity index (χ1n) is 8.57. The van der Waals surface area contributed by atoms with E-state index in [4.69, 9.17) is 0 Å². The van der Waals surface area contributed by atoms with E-state index in [1.54, 1.807) is 12.1 Å². The van der Waals surface area contributed by atoms with Crippen molar-refractivity contribution < 1.29 is 9.18 Å². The molecule has 1 aliphatic heterocycles. The number of nitrogens with zero attached hydrogens (tertiary/aromatic N) is 1. The van der Waals surface area contributed by atoms with E-state index in [2.05, 4.69) is 10.2 Å². The SMILES string of the molecule is O=C(C[C@@H](c1ccc(F)cc1)N1CCCCC1)Nc1ccccc1. The van der Waals surface area contributed by atoms with Gasteiger partial charge >= 0.3 is 0 Å². The van der Waals surface area contributed by atoms with Crippen molar-refractivity contribution in [1.29, 1.82) is 0 Å². The monoisotopic (exact) mass is 326 g/mol. The van der Waals surface area contributed by atoms with Crippen LogP contribution in [-0.4, -0.2) is 23.9 Å². The van der Waals surface area contributed by atoms with Crippen LogP contribution in [0.15, 0.2) is 54.6 Å². The zero-order chi connectivity index (χ0) is 16.8. The first-order valence-corrected chi connectivity index (χ1v) is 8.57. The predicted molar refractivity (Wildman–Crippen MR) is 94.3 cm³/mol. The van der Waals surface area contributed by atoms with Crippen molar-refractivity contribution in [1.82, 2.24) is 4.90 Å². The van der Waals surface area contributed by atoms with Gasteiger partial charge in [-0.1, -0.05) is 36.8 Å². The highest BCUT2D eigenvalue weighted by atomic mass is 19.1. The van der Waals surface area contributed by atoms with Crippen LogP contribution in [-0.2, 0) is 4.79 Å². The number of likely N-dealkylation sites (tertiary alicyclic amines) is 1. The maximum absolute atomic E-state index is 13.2. The molecule has 24 heavy (non-hydrogen) atoms. The Hall–Kier alpha value is -2.20. The minimum Gasteiger partial charge on any atom is -0.326 e. The van der Waals surface area contributed by atoms with Gasteiger partial charge in [-0.2, -0.15) is 0 Å². The molecule has 0 radical (unpaired) electrons. The number of anilines is 1. The smallest absolute Gasteiger partial charge is 0.226 e. The second kappa shape index (κ2) is 8.06. The van der Waals surface area contributed by atoms with E-state index in [0.29, 0.717) is 6.42 Å². The number of hydrogen-bond donors (Lipinski definition) is 1. The van der Waals surface area contributed by atoms with E-state index < -0.39 is 0 Å². The molecule has 0 spiro atoms. The molecule has 0 saturated carbocycles. The number of nitrogens with one attached hydrogen (secondary N) is 1. The average molecular weight is 326 g/mol. The molecule has 2 aromatic carbocycles. The van der Waals surface area contributed by atoms with E-state index in [1.165, 1.54) is 18.6 Å². The van der Waals surface area contributed by atoms with Crippen LogP contribution in [0.3, 0.4) is 0 Å². The summed E-state index contributed by atoms with van der Waals surface area (Å²) in [6, 6.07) is 16.0. The van der Waals surface area contributed by atoms with Gasteiger partial charge in [-0.05, 0) is 55.8 Å². The van der Waals surface area contributed by atoms with Gasteiger partial charge in [0.25, 0.3) is 0 Å². The van der Waals surface area contributed by atoms with Gasteiger partial charge in [0.15, 0.2) is 0 Å². The van der Waals surface area contributed by atoms with E-state index in [1.807, 2.05) is 30.3 Å². The molecule has 4 heteroatoms. The lowest BCUT2D eigenvalue weighted by atomic mass is 9.98. The summed E-state index contributed by atoms with van der Waals surface area (Å²) in [6.45, 7) is 1.97. The summed E-state index contributed by atoms with van der Waals surface area (Å²) in [5.41, 5.74) is 1.81. The van der Waals surface area contributed by atoms with Crippen LogP contribution in [0.4, 0.5) is 10.1 Å². The highest BCUT2D eigenvalue weighted by Gasteiger charge is 2.24. The van der Waals surface area contributed by atoms with E-state index in [0.717, 1.165) is 37.2 Å². The third-order valence-electron chi connectivity index (χ3n) is 4.52. The van der Waals surface area contributed by atoms with Crippen molar-refractivity contribution in [3.05, 3.63) is 66.0 Å². The van der Waals surface area contributed by atoms with Crippen molar-refractivity contribution in [2.24, 2.45) is 0 Å². The largest absolute Gasteiger partial charge is 0.326 e. The number of benzene rings is 2. The molecule has 1 amide bonds. The molecule has 3 rings (SSSR count). The third-order valence-corrected chi connectivity index (χ3v) is 4.52. The van der Waals surface area contributed by atoms with Crippen molar-refractivity contribution >= 4 is 11.6 Å². The first-order chi connectivity index (χ1) is 11.7. The predicted octanol–water partition coefficient (Wildman–Crippen LogP) is 4.38. The molecule has 0 aromatic heterocycles. The summed E-state index contributed by atoms with van der Waals surface area (Å²) in [7, 11) is 0. The maximum atomic E-state index is 13.2. The molecule has 1 heterocycles. The van der Waals surface area contributed by atoms with Crippen molar-refractivity contribution in [3.63, 3.8) is 0 Å². The fourth-order valence-corrected chi connectivity index (χ4v) is 3.28. The molecular formula is C20H23FN2O. The van der Waals surface area contributed by atoms with Crippen LogP contribution in [0.25, 0.3) is 0 Å². The summed E-state index contributed by atoms with van der Waals surface area (Å²) >= 11 is 0. The first kappa shape index (κ1) is 16.7. The fourth-order valence-electron chi connectivity index (χ4n) is 3.28. The molecule has 1 N–H and O–H groups in total. The molecular weight excluding hydrogens is 303 g/mol. The summed E-state index contributed by atoms with van der Waals surface area (Å²) in [5.74, 6) is -0.258. The number of carbonyl (C=O) groups excluding carboxylic acids is 1. The summed E-state index contributed by atoms with van der Waals surface area (Å²) in [4.78, 5) is 14.8. The third kappa shape index (κ3) is 4.42. The zero-order valence-corrected chi connectivity index (χ0v) is 13.7. The number of para-hydroxylation sites is 1. The van der Waals surface area contributed by atoms with E-state index in [9.17, 15) is 9.18 Å². The van der Waals surface area contributed by atoms with Crippen molar-refractivity contribution in [3.8, 4) is 0 Å². The topological polar surface area (TPSA) is 32.3 Å². The van der Waals surface area contributed by atoms with Crippen LogP contribution in [0.2, 0.25) is 0 Å². The van der Waals surface area contributed by atoms with Gasteiger partial charge in [0, 0.05) is 18.2 Å². The van der Waals surface area contributed by atoms with Crippen LogP contribution in [0.5, 0.6) is 0 Å². The minimum atomic E-state index is -0.245. The van der Waals surface area contributed by atoms with Gasteiger partial charge in [0.05, 0.1) is 0 Å². The number of rotatable bonds is 5. The highest BCUT2D eigenvalue weighted by molar-refractivity contribution is 5.91. The molecule has 126 valence electrons. The maximum Gasteiger partial charge on any atom is 0.226 e. The summed E-state index contributed by atoms with van der Waals surface area (Å²) in [5, 5.41) is 2.95. The number of carbonyl (C=O) groups is 1. The van der Waals surface area contributed by atoms with Crippen molar-refractivity contribution in [2.45, 2.75) is 31.7 Å². The van der Waals surface area contributed by atoms with Gasteiger partial charge in [-0.3, -0.25) is 9.69 Å². The average Bonchev–Trinajstić information content (AvgIpc) is 2.62. The quantitative estimate of drug-likeness (QED) is 0.884. The molecule has 2 aromatic rings. The lowest BCUT2D eigenvalue weighted by Crippen LogP contribution is -2.35. The Kier molecular flexibility index (Phi) is 5.59. The molecule has 0 bridgehead atoms. The Morgan fingerprint density at radius 1 is 1.00 bits per heavy atom. The number of amides is 1. The second-order valence-electron chi connectivity index (χ2n) is 6.28. The van der Waals surface area contributed by atoms with Crippen LogP contribution >= 0.6 is 0 Å². The number of halogens is 1. The van der Waals surface area contributed by atoms with E-state index >= 15 is 0 Å². The Bertz CT molecular complexity index is 651. The normalized spacial score (nSPS) is 16.5. The fraction of sp³-hybridized carbons (Fsp3) is 0.350. The molecule has 3 nitrogen and oxygen atoms in total. The second-order valence-corrected chi connectivity index (χ2v) is 6.28. The standard InChI is InChI=1S/C20H23FN2O/c21-17-11-9-16(10-12-17)19(23-13-5-2-6-14-23)15-20(24)22-18-7-3-1-4-8-18/h1,3-4,7-12,19H,2,5-6,13-15H2,(H,22,24)/t19-/m0/s1. The molecule has 0 aliphatic carbocycles. The summed E-state index contributed by atoms with van der Waals surface area (Å²) < 4.78 is 13.2. The Morgan fingerprint density at radius 3 is 2.33 bits per heavy atom. The molecule has 1 atom stereocenters. The molecule has 1 saturated heterocycles. The van der Waals surface area contributed by atoms with Gasteiger partial charge in [-0.25, -0.2) is 4.39 Å². The Morgan fingerprint density at radius 2 is 1.67 bits per heavy atom. The molecule has 1 aliphatic rings. The lowest BCUT2D eigenvalue weighted by Gasteiger charge is -2.34. The number of piperidine rings is 1. The van der Waals surface area contributed by atoms with Crippen LogP contribution < -0.4 is 5.32 Å². The highest BCUT2D eigenvalue weighted by Crippen LogP contribution is 2.28. The van der Waals surface area contributed by atoms with Gasteiger partial charge < -0.3 is 5.32 Å². The van der Waals surface area contributed by atoms with Gasteiger partial charge in [0.1, 0.15) is 5.82 Å². The molecule has 0 unspecified atom stereocenters. The Balaban J connectivity index is 1.73. The zero-order valence-electron chi connectivity index (χ0n) is 13.7. The van der Waals surface area contributed by atoms with E-state index in [-0.39, 0.29) is 17.8 Å². The van der Waals surface area contributed by atoms with Crippen LogP contribution in [0, 0.1) is 5.82 Å². The lowest BCUT2D eigenvalue weighted by molar-refractivity contribution is -0.117. The Labute approximate surface area is 142 Å². The number of hydrogen-bond acceptors (Lipinski definition) is 2. The molecule has 1 fully saturated rings. The van der Waals surface area contributed by atoms with Crippen molar-refractivity contribution in [2.75, 3.05) is 18.4 Å².